The van der Waals surface area contributed by atoms with Gasteiger partial charge in [-0.3, -0.25) is 14.5 Å². The SMILES string of the molecule is NC(=O)c1ccc(CN2[C@H](C(=O)O)C[C@H]3CCCC[C@@H]32)cc1. The summed E-state index contributed by atoms with van der Waals surface area (Å²) < 4.78 is 0. The smallest absolute Gasteiger partial charge is 0.320 e. The maximum atomic E-state index is 11.6. The molecule has 5 heteroatoms. The molecular formula is C17H22N2O3. The van der Waals surface area contributed by atoms with Crippen LogP contribution in [-0.2, 0) is 11.3 Å². The Kier molecular flexibility index (Phi) is 4.16. The number of primary amides is 1. The Morgan fingerprint density at radius 3 is 2.50 bits per heavy atom. The molecule has 118 valence electrons. The fourth-order valence-electron chi connectivity index (χ4n) is 4.01. The predicted molar refractivity (Wildman–Crippen MR) is 82.3 cm³/mol. The number of likely N-dealkylation sites (tertiary alicyclic amines) is 1. The van der Waals surface area contributed by atoms with E-state index in [2.05, 4.69) is 4.90 Å². The van der Waals surface area contributed by atoms with Crippen molar-refractivity contribution in [3.8, 4) is 0 Å². The van der Waals surface area contributed by atoms with Crippen LogP contribution < -0.4 is 5.73 Å². The van der Waals surface area contributed by atoms with Gasteiger partial charge < -0.3 is 10.8 Å². The van der Waals surface area contributed by atoms with E-state index in [1.54, 1.807) is 12.1 Å². The van der Waals surface area contributed by atoms with E-state index < -0.39 is 11.9 Å². The second-order valence-corrected chi connectivity index (χ2v) is 6.44. The molecule has 22 heavy (non-hydrogen) atoms. The Balaban J connectivity index is 1.78. The molecule has 1 saturated heterocycles. The molecule has 0 aromatic heterocycles. The number of carbonyl (C=O) groups excluding carboxylic acids is 1. The molecule has 0 unspecified atom stereocenters. The monoisotopic (exact) mass is 302 g/mol. The standard InChI is InChI=1S/C17H22N2O3/c18-16(20)12-7-5-11(6-8-12)10-19-14-4-2-1-3-13(14)9-15(19)17(21)22/h5-8,13-15H,1-4,9-10H2,(H2,18,20)(H,21,22)/t13-,14+,15+/m1/s1. The molecule has 1 aromatic rings. The van der Waals surface area contributed by atoms with Crippen LogP contribution in [0.5, 0.6) is 0 Å². The van der Waals surface area contributed by atoms with E-state index in [0.717, 1.165) is 24.8 Å². The number of benzene rings is 1. The van der Waals surface area contributed by atoms with Crippen LogP contribution in [0.15, 0.2) is 24.3 Å². The summed E-state index contributed by atoms with van der Waals surface area (Å²) in [6, 6.07) is 7.16. The predicted octanol–water partition coefficient (Wildman–Crippen LogP) is 2.00. The number of carboxylic acid groups (broad SMARTS) is 1. The number of nitrogens with zero attached hydrogens (tertiary/aromatic N) is 1. The third-order valence-corrected chi connectivity index (χ3v) is 5.11. The van der Waals surface area contributed by atoms with E-state index in [0.29, 0.717) is 24.1 Å². The van der Waals surface area contributed by atoms with Gasteiger partial charge >= 0.3 is 5.97 Å². The molecule has 1 aliphatic heterocycles. The Morgan fingerprint density at radius 2 is 1.86 bits per heavy atom. The molecule has 1 aromatic carbocycles. The summed E-state index contributed by atoms with van der Waals surface area (Å²) in [4.78, 5) is 24.9. The van der Waals surface area contributed by atoms with Crippen LogP contribution in [0.2, 0.25) is 0 Å². The third-order valence-electron chi connectivity index (χ3n) is 5.11. The van der Waals surface area contributed by atoms with Crippen molar-refractivity contribution < 1.29 is 14.7 Å². The number of rotatable bonds is 4. The van der Waals surface area contributed by atoms with Crippen LogP contribution in [0.3, 0.4) is 0 Å². The van der Waals surface area contributed by atoms with Gasteiger partial charge in [-0.2, -0.15) is 0 Å². The summed E-state index contributed by atoms with van der Waals surface area (Å²) in [7, 11) is 0. The van der Waals surface area contributed by atoms with Gasteiger partial charge in [0.05, 0.1) is 0 Å². The molecule has 2 aliphatic rings. The Hall–Kier alpha value is -1.88. The van der Waals surface area contributed by atoms with Crippen LogP contribution in [-0.4, -0.2) is 34.0 Å². The highest BCUT2D eigenvalue weighted by Crippen LogP contribution is 2.40. The molecule has 1 heterocycles. The van der Waals surface area contributed by atoms with Crippen LogP contribution in [0.1, 0.15) is 48.0 Å². The zero-order valence-corrected chi connectivity index (χ0v) is 12.6. The molecule has 0 bridgehead atoms. The number of amides is 1. The maximum absolute atomic E-state index is 11.6. The van der Waals surface area contributed by atoms with Gasteiger partial charge in [-0.25, -0.2) is 0 Å². The number of hydrogen-bond acceptors (Lipinski definition) is 3. The van der Waals surface area contributed by atoms with E-state index >= 15 is 0 Å². The minimum atomic E-state index is -0.719. The molecule has 3 rings (SSSR count). The molecule has 2 fully saturated rings. The zero-order valence-electron chi connectivity index (χ0n) is 12.6. The summed E-state index contributed by atoms with van der Waals surface area (Å²) in [5.41, 5.74) is 6.76. The van der Waals surface area contributed by atoms with Gasteiger partial charge in [0.1, 0.15) is 6.04 Å². The molecule has 3 N–H and O–H groups in total. The van der Waals surface area contributed by atoms with E-state index in [-0.39, 0.29) is 6.04 Å². The molecule has 1 saturated carbocycles. The van der Waals surface area contributed by atoms with E-state index in [1.807, 2.05) is 12.1 Å². The van der Waals surface area contributed by atoms with Crippen LogP contribution in [0, 0.1) is 5.92 Å². The molecule has 1 amide bonds. The van der Waals surface area contributed by atoms with E-state index in [4.69, 9.17) is 5.73 Å². The van der Waals surface area contributed by atoms with Crippen molar-refractivity contribution in [1.29, 1.82) is 0 Å². The number of aliphatic carboxylic acids is 1. The first kappa shape index (κ1) is 15.0. The maximum Gasteiger partial charge on any atom is 0.320 e. The van der Waals surface area contributed by atoms with Gasteiger partial charge in [0.15, 0.2) is 0 Å². The molecular weight excluding hydrogens is 280 g/mol. The Labute approximate surface area is 130 Å². The van der Waals surface area contributed by atoms with Gasteiger partial charge in [0.25, 0.3) is 0 Å². The largest absolute Gasteiger partial charge is 0.480 e. The van der Waals surface area contributed by atoms with Gasteiger partial charge in [-0.05, 0) is 42.9 Å². The number of carbonyl (C=O) groups is 2. The van der Waals surface area contributed by atoms with Crippen LogP contribution >= 0.6 is 0 Å². The lowest BCUT2D eigenvalue weighted by molar-refractivity contribution is -0.142. The van der Waals surface area contributed by atoms with Crippen molar-refractivity contribution in [3.05, 3.63) is 35.4 Å². The molecule has 0 spiro atoms. The average molecular weight is 302 g/mol. The molecule has 5 nitrogen and oxygen atoms in total. The van der Waals surface area contributed by atoms with Crippen molar-refractivity contribution in [2.24, 2.45) is 11.7 Å². The second-order valence-electron chi connectivity index (χ2n) is 6.44. The highest BCUT2D eigenvalue weighted by molar-refractivity contribution is 5.92. The summed E-state index contributed by atoms with van der Waals surface area (Å²) in [6.07, 6.45) is 5.40. The van der Waals surface area contributed by atoms with Gasteiger partial charge in [-0.1, -0.05) is 25.0 Å². The minimum absolute atomic E-state index is 0.380. The second kappa shape index (κ2) is 6.08. The third kappa shape index (κ3) is 2.86. The first-order valence-electron chi connectivity index (χ1n) is 7.93. The van der Waals surface area contributed by atoms with Gasteiger partial charge in [0, 0.05) is 18.2 Å². The van der Waals surface area contributed by atoms with Gasteiger partial charge in [-0.15, -0.1) is 0 Å². The molecule has 1 aliphatic carbocycles. The minimum Gasteiger partial charge on any atom is -0.480 e. The number of fused-ring (bicyclic) bond motifs is 1. The number of hydrogen-bond donors (Lipinski definition) is 2. The molecule has 0 radical (unpaired) electrons. The van der Waals surface area contributed by atoms with E-state index in [9.17, 15) is 14.7 Å². The normalized spacial score (nSPS) is 28.3. The van der Waals surface area contributed by atoms with Crippen molar-refractivity contribution >= 4 is 11.9 Å². The lowest BCUT2D eigenvalue weighted by Crippen LogP contribution is -2.41. The van der Waals surface area contributed by atoms with Crippen molar-refractivity contribution in [1.82, 2.24) is 4.90 Å². The number of nitrogens with two attached hydrogens (primary N) is 1. The summed E-state index contributed by atoms with van der Waals surface area (Å²) in [5.74, 6) is -0.647. The van der Waals surface area contributed by atoms with E-state index in [1.165, 1.54) is 12.8 Å². The lowest BCUT2D eigenvalue weighted by atomic mass is 9.84. The summed E-state index contributed by atoms with van der Waals surface area (Å²) >= 11 is 0. The quantitative estimate of drug-likeness (QED) is 0.891. The van der Waals surface area contributed by atoms with Crippen molar-refractivity contribution in [2.75, 3.05) is 0 Å². The summed E-state index contributed by atoms with van der Waals surface area (Å²) in [6.45, 7) is 0.622. The lowest BCUT2D eigenvalue weighted by Gasteiger charge is -2.33. The Morgan fingerprint density at radius 1 is 1.18 bits per heavy atom. The first-order valence-corrected chi connectivity index (χ1v) is 7.93. The topological polar surface area (TPSA) is 83.6 Å². The van der Waals surface area contributed by atoms with Gasteiger partial charge in [0.2, 0.25) is 5.91 Å². The fraction of sp³-hybridized carbons (Fsp3) is 0.529. The van der Waals surface area contributed by atoms with Crippen LogP contribution in [0.25, 0.3) is 0 Å². The zero-order chi connectivity index (χ0) is 15.7. The highest BCUT2D eigenvalue weighted by Gasteiger charge is 2.44. The molecule has 3 atom stereocenters. The highest BCUT2D eigenvalue weighted by atomic mass is 16.4. The average Bonchev–Trinajstić information content (AvgIpc) is 2.87. The first-order chi connectivity index (χ1) is 10.6. The van der Waals surface area contributed by atoms with Crippen molar-refractivity contribution in [3.63, 3.8) is 0 Å². The van der Waals surface area contributed by atoms with Crippen LogP contribution in [0.4, 0.5) is 0 Å². The fourth-order valence-corrected chi connectivity index (χ4v) is 4.01. The van der Waals surface area contributed by atoms with Crippen molar-refractivity contribution in [2.45, 2.75) is 50.7 Å². The number of carboxylic acids is 1. The Bertz CT molecular complexity index is 570. The summed E-state index contributed by atoms with van der Waals surface area (Å²) in [5, 5.41) is 9.52.